The molecule has 5 nitrogen and oxygen atoms in total. The summed E-state index contributed by atoms with van der Waals surface area (Å²) in [5.74, 6) is -0.166. The van der Waals surface area contributed by atoms with Crippen LogP contribution in [0.3, 0.4) is 0 Å². The molecule has 0 aliphatic heterocycles. The van der Waals surface area contributed by atoms with E-state index in [4.69, 9.17) is 0 Å². The maximum absolute atomic E-state index is 12.3. The van der Waals surface area contributed by atoms with Crippen molar-refractivity contribution in [2.75, 3.05) is 6.61 Å². The van der Waals surface area contributed by atoms with Crippen LogP contribution in [0.4, 0.5) is 0 Å². The average molecular weight is 594 g/mol. The Balaban J connectivity index is 3.75. The molecule has 0 saturated heterocycles. The molecule has 0 bridgehead atoms. The van der Waals surface area contributed by atoms with Gasteiger partial charge in [0.25, 0.3) is 0 Å². The lowest BCUT2D eigenvalue weighted by Gasteiger charge is -2.26. The zero-order chi connectivity index (χ0) is 30.9. The van der Waals surface area contributed by atoms with Gasteiger partial charge in [-0.25, -0.2) is 0 Å². The molecular formula is C37H71NO4. The number of carbonyl (C=O) groups is 1. The number of rotatable bonds is 32. The minimum Gasteiger partial charge on any atom is -0.394 e. The van der Waals surface area contributed by atoms with Crippen molar-refractivity contribution in [3.05, 3.63) is 24.3 Å². The number of allylic oxidation sites excluding steroid dienone is 4. The Bertz CT molecular complexity index is 621. The highest BCUT2D eigenvalue weighted by Crippen LogP contribution is 2.14. The molecule has 42 heavy (non-hydrogen) atoms. The molecule has 0 aliphatic carbocycles. The van der Waals surface area contributed by atoms with Gasteiger partial charge in [-0.3, -0.25) is 4.79 Å². The zero-order valence-electron chi connectivity index (χ0n) is 27.9. The van der Waals surface area contributed by atoms with E-state index in [9.17, 15) is 20.1 Å². The second kappa shape index (κ2) is 32.7. The highest BCUT2D eigenvalue weighted by molar-refractivity contribution is 5.76. The Labute approximate surface area is 261 Å². The van der Waals surface area contributed by atoms with Crippen molar-refractivity contribution in [1.29, 1.82) is 0 Å². The third-order valence-corrected chi connectivity index (χ3v) is 8.28. The molecule has 0 saturated carbocycles. The van der Waals surface area contributed by atoms with Gasteiger partial charge in [-0.2, -0.15) is 0 Å². The smallest absolute Gasteiger partial charge is 0.220 e. The summed E-state index contributed by atoms with van der Waals surface area (Å²) in [5, 5.41) is 33.3. The first-order valence-corrected chi connectivity index (χ1v) is 18.1. The maximum Gasteiger partial charge on any atom is 0.220 e. The van der Waals surface area contributed by atoms with Crippen LogP contribution in [0.5, 0.6) is 0 Å². The molecule has 0 rings (SSSR count). The van der Waals surface area contributed by atoms with Crippen LogP contribution < -0.4 is 5.32 Å². The number of hydrogen-bond acceptors (Lipinski definition) is 4. The minimum atomic E-state index is -1.16. The largest absolute Gasteiger partial charge is 0.394 e. The van der Waals surface area contributed by atoms with E-state index in [0.717, 1.165) is 44.9 Å². The van der Waals surface area contributed by atoms with E-state index >= 15 is 0 Å². The summed E-state index contributed by atoms with van der Waals surface area (Å²) in [6.45, 7) is 4.12. The lowest BCUT2D eigenvalue weighted by Crippen LogP contribution is -2.50. The standard InChI is InChI=1S/C37H71NO4/c1-3-5-7-9-11-13-15-17-18-19-20-21-23-25-27-29-31-35(40)37(42)34(33-39)38-36(41)32-30-28-26-24-22-16-14-12-10-8-6-4-2/h12,14,23,25,34-35,37,39-40,42H,3-11,13,15-22,24,26-33H2,1-2H3,(H,38,41)/b14-12-,25-23+. The number of carbonyl (C=O) groups excluding carboxylic acids is 1. The molecule has 3 unspecified atom stereocenters. The normalized spacial score (nSPS) is 14.1. The van der Waals surface area contributed by atoms with Crippen LogP contribution in [0.15, 0.2) is 24.3 Å². The molecule has 0 fully saturated rings. The number of amides is 1. The van der Waals surface area contributed by atoms with Gasteiger partial charge in [0.05, 0.1) is 18.8 Å². The van der Waals surface area contributed by atoms with Gasteiger partial charge in [-0.1, -0.05) is 134 Å². The Morgan fingerprint density at radius 3 is 1.43 bits per heavy atom. The fourth-order valence-electron chi connectivity index (χ4n) is 5.39. The van der Waals surface area contributed by atoms with Crippen LogP contribution in [-0.4, -0.2) is 46.1 Å². The second-order valence-electron chi connectivity index (χ2n) is 12.4. The predicted molar refractivity (Wildman–Crippen MR) is 181 cm³/mol. The van der Waals surface area contributed by atoms with E-state index < -0.39 is 18.2 Å². The molecule has 1 amide bonds. The SMILES string of the molecule is CCCCC/C=C\CCCCCCCC(=O)NC(CO)C(O)C(O)CCC/C=C/CCCCCCCCCCCCC. The molecule has 0 aromatic carbocycles. The molecule has 0 spiro atoms. The monoisotopic (exact) mass is 594 g/mol. The van der Waals surface area contributed by atoms with E-state index in [-0.39, 0.29) is 12.5 Å². The molecule has 248 valence electrons. The Hall–Kier alpha value is -1.17. The van der Waals surface area contributed by atoms with Crippen molar-refractivity contribution < 1.29 is 20.1 Å². The van der Waals surface area contributed by atoms with E-state index in [1.165, 1.54) is 109 Å². The highest BCUT2D eigenvalue weighted by atomic mass is 16.3. The van der Waals surface area contributed by atoms with Gasteiger partial charge in [0.1, 0.15) is 6.10 Å². The molecule has 5 heteroatoms. The van der Waals surface area contributed by atoms with E-state index in [0.29, 0.717) is 12.8 Å². The van der Waals surface area contributed by atoms with Crippen LogP contribution >= 0.6 is 0 Å². The molecule has 3 atom stereocenters. The zero-order valence-corrected chi connectivity index (χ0v) is 27.9. The Kier molecular flexibility index (Phi) is 31.8. The fraction of sp³-hybridized carbons (Fsp3) is 0.865. The summed E-state index contributed by atoms with van der Waals surface area (Å²) in [5.41, 5.74) is 0. The molecular weight excluding hydrogens is 522 g/mol. The predicted octanol–water partition coefficient (Wildman–Crippen LogP) is 9.48. The van der Waals surface area contributed by atoms with E-state index in [2.05, 4.69) is 43.5 Å². The van der Waals surface area contributed by atoms with Gasteiger partial charge in [0, 0.05) is 6.42 Å². The number of hydrogen-bond donors (Lipinski definition) is 4. The molecule has 0 aliphatic rings. The van der Waals surface area contributed by atoms with Gasteiger partial charge in [0.15, 0.2) is 0 Å². The summed E-state index contributed by atoms with van der Waals surface area (Å²) in [6.07, 6.45) is 37.0. The van der Waals surface area contributed by atoms with Crippen LogP contribution in [0, 0.1) is 0 Å². The van der Waals surface area contributed by atoms with Crippen LogP contribution in [0.1, 0.15) is 181 Å². The van der Waals surface area contributed by atoms with E-state index in [1.54, 1.807) is 0 Å². The lowest BCUT2D eigenvalue weighted by molar-refractivity contribution is -0.124. The quantitative estimate of drug-likeness (QED) is 0.0462. The summed E-state index contributed by atoms with van der Waals surface area (Å²) in [7, 11) is 0. The average Bonchev–Trinajstić information content (AvgIpc) is 2.99. The van der Waals surface area contributed by atoms with Crippen molar-refractivity contribution in [1.82, 2.24) is 5.32 Å². The van der Waals surface area contributed by atoms with Gasteiger partial charge in [-0.05, 0) is 64.2 Å². The fourth-order valence-corrected chi connectivity index (χ4v) is 5.39. The summed E-state index contributed by atoms with van der Waals surface area (Å²) in [6, 6.07) is -0.826. The van der Waals surface area contributed by atoms with Crippen LogP contribution in [0.25, 0.3) is 0 Å². The molecule has 0 aromatic heterocycles. The van der Waals surface area contributed by atoms with E-state index in [1.807, 2.05) is 0 Å². The minimum absolute atomic E-state index is 0.166. The highest BCUT2D eigenvalue weighted by Gasteiger charge is 2.26. The lowest BCUT2D eigenvalue weighted by atomic mass is 10.0. The summed E-state index contributed by atoms with van der Waals surface area (Å²) < 4.78 is 0. The third kappa shape index (κ3) is 27.7. The summed E-state index contributed by atoms with van der Waals surface area (Å²) >= 11 is 0. The molecule has 0 radical (unpaired) electrons. The number of nitrogens with one attached hydrogen (secondary N) is 1. The number of unbranched alkanes of at least 4 members (excludes halogenated alkanes) is 20. The Morgan fingerprint density at radius 2 is 0.952 bits per heavy atom. The molecule has 4 N–H and O–H groups in total. The van der Waals surface area contributed by atoms with Crippen molar-refractivity contribution in [2.24, 2.45) is 0 Å². The van der Waals surface area contributed by atoms with Crippen molar-refractivity contribution in [2.45, 2.75) is 199 Å². The topological polar surface area (TPSA) is 89.8 Å². The Morgan fingerprint density at radius 1 is 0.571 bits per heavy atom. The van der Waals surface area contributed by atoms with Gasteiger partial charge >= 0.3 is 0 Å². The van der Waals surface area contributed by atoms with Gasteiger partial charge < -0.3 is 20.6 Å². The van der Waals surface area contributed by atoms with Crippen molar-refractivity contribution in [3.63, 3.8) is 0 Å². The first-order valence-electron chi connectivity index (χ1n) is 18.1. The first-order chi connectivity index (χ1) is 20.6. The second-order valence-corrected chi connectivity index (χ2v) is 12.4. The van der Waals surface area contributed by atoms with Crippen LogP contribution in [0.2, 0.25) is 0 Å². The first kappa shape index (κ1) is 40.8. The van der Waals surface area contributed by atoms with Gasteiger partial charge in [0.2, 0.25) is 5.91 Å². The van der Waals surface area contributed by atoms with Crippen LogP contribution in [-0.2, 0) is 4.79 Å². The summed E-state index contributed by atoms with van der Waals surface area (Å²) in [4.78, 5) is 12.3. The molecule has 0 heterocycles. The molecule has 0 aromatic rings. The number of aliphatic hydroxyl groups is 3. The maximum atomic E-state index is 12.3. The number of aliphatic hydroxyl groups excluding tert-OH is 3. The van der Waals surface area contributed by atoms with Gasteiger partial charge in [-0.15, -0.1) is 0 Å². The third-order valence-electron chi connectivity index (χ3n) is 8.28. The van der Waals surface area contributed by atoms with Crippen molar-refractivity contribution in [3.8, 4) is 0 Å². The van der Waals surface area contributed by atoms with Crippen molar-refractivity contribution >= 4 is 5.91 Å².